The van der Waals surface area contributed by atoms with Crippen molar-refractivity contribution in [3.8, 4) is 0 Å². The van der Waals surface area contributed by atoms with Gasteiger partial charge in [0.25, 0.3) is 0 Å². The van der Waals surface area contributed by atoms with Gasteiger partial charge in [-0.15, -0.1) is 0 Å². The molecule has 0 fully saturated rings. The van der Waals surface area contributed by atoms with Crippen LogP contribution >= 0.6 is 7.14 Å². The maximum absolute atomic E-state index is 14.8. The molecule has 5 heteroatoms. The van der Waals surface area contributed by atoms with Gasteiger partial charge in [-0.25, -0.2) is 4.98 Å². The first-order valence-corrected chi connectivity index (χ1v) is 10.9. The largest absolute Gasteiger partial charge is 0.467 e. The highest BCUT2D eigenvalue weighted by Crippen LogP contribution is 2.57. The van der Waals surface area contributed by atoms with Crippen LogP contribution in [-0.4, -0.2) is 4.98 Å². The molecule has 0 aliphatic heterocycles. The number of furan rings is 1. The van der Waals surface area contributed by atoms with Crippen LogP contribution in [0, 0.1) is 6.92 Å². The van der Waals surface area contributed by atoms with E-state index in [1.807, 2.05) is 91.9 Å². The van der Waals surface area contributed by atoms with E-state index in [1.165, 1.54) is 0 Å². The predicted octanol–water partition coefficient (Wildman–Crippen LogP) is 5.11. The average molecular weight is 388 g/mol. The molecule has 4 aromatic rings. The van der Waals surface area contributed by atoms with Crippen molar-refractivity contribution in [1.82, 2.24) is 4.98 Å². The van der Waals surface area contributed by atoms with Gasteiger partial charge < -0.3 is 14.3 Å². The van der Waals surface area contributed by atoms with Crippen LogP contribution in [0.15, 0.2) is 102 Å². The average Bonchev–Trinajstić information content (AvgIpc) is 3.28. The van der Waals surface area contributed by atoms with Crippen LogP contribution in [-0.2, 0) is 4.57 Å². The standard InChI is InChI=1S/C23H21N2O2P/c1-18-10-8-16-24-22(18)25-23(21-15-9-17-27-21)28(26,19-11-4-2-5-12-19)20-13-6-3-7-14-20/h2-17,23H,1H3,(H,24,25). The molecule has 0 aliphatic rings. The fourth-order valence-corrected chi connectivity index (χ4v) is 6.23. The first-order chi connectivity index (χ1) is 13.7. The van der Waals surface area contributed by atoms with Crippen molar-refractivity contribution in [2.45, 2.75) is 12.7 Å². The lowest BCUT2D eigenvalue weighted by molar-refractivity contribution is 0.504. The molecule has 0 radical (unpaired) electrons. The Bertz CT molecular complexity index is 1040. The van der Waals surface area contributed by atoms with Crippen LogP contribution in [0.2, 0.25) is 0 Å². The lowest BCUT2D eigenvalue weighted by Gasteiger charge is -2.29. The van der Waals surface area contributed by atoms with E-state index in [1.54, 1.807) is 12.5 Å². The number of aromatic nitrogens is 1. The number of benzene rings is 2. The molecule has 0 spiro atoms. The number of nitrogens with zero attached hydrogens (tertiary/aromatic N) is 1. The van der Waals surface area contributed by atoms with Crippen LogP contribution in [0.25, 0.3) is 0 Å². The van der Waals surface area contributed by atoms with Gasteiger partial charge in [-0.3, -0.25) is 0 Å². The summed E-state index contributed by atoms with van der Waals surface area (Å²) in [6.07, 6.45) is 3.33. The number of hydrogen-bond acceptors (Lipinski definition) is 4. The highest BCUT2D eigenvalue weighted by atomic mass is 31.2. The van der Waals surface area contributed by atoms with Gasteiger partial charge >= 0.3 is 0 Å². The summed E-state index contributed by atoms with van der Waals surface area (Å²) in [5.41, 5.74) is 0.978. The molecule has 0 saturated carbocycles. The molecule has 1 N–H and O–H groups in total. The summed E-state index contributed by atoms with van der Waals surface area (Å²) in [5, 5.41) is 4.95. The molecule has 4 nitrogen and oxygen atoms in total. The van der Waals surface area contributed by atoms with E-state index in [4.69, 9.17) is 4.42 Å². The van der Waals surface area contributed by atoms with Crippen molar-refractivity contribution in [3.63, 3.8) is 0 Å². The van der Waals surface area contributed by atoms with Gasteiger partial charge in [0, 0.05) is 16.8 Å². The topological polar surface area (TPSA) is 55.1 Å². The SMILES string of the molecule is Cc1cccnc1NC(c1ccco1)P(=O)(c1ccccc1)c1ccccc1. The van der Waals surface area contributed by atoms with Gasteiger partial charge in [-0.2, -0.15) is 0 Å². The number of nitrogens with one attached hydrogen (secondary N) is 1. The van der Waals surface area contributed by atoms with E-state index >= 15 is 0 Å². The van der Waals surface area contributed by atoms with E-state index in [0.29, 0.717) is 11.6 Å². The fraction of sp³-hybridized carbons (Fsp3) is 0.0870. The fourth-order valence-electron chi connectivity index (χ4n) is 3.30. The van der Waals surface area contributed by atoms with Gasteiger partial charge in [0.1, 0.15) is 17.4 Å². The van der Waals surface area contributed by atoms with Gasteiger partial charge in [-0.1, -0.05) is 66.7 Å². The molecule has 1 unspecified atom stereocenters. The minimum atomic E-state index is -3.15. The summed E-state index contributed by atoms with van der Waals surface area (Å²) in [4.78, 5) is 4.45. The summed E-state index contributed by atoms with van der Waals surface area (Å²) in [7, 11) is -3.15. The van der Waals surface area contributed by atoms with Crippen LogP contribution in [0.1, 0.15) is 17.1 Å². The third kappa shape index (κ3) is 3.39. The summed E-state index contributed by atoms with van der Waals surface area (Å²) in [6.45, 7) is 1.98. The Morgan fingerprint density at radius 2 is 1.50 bits per heavy atom. The van der Waals surface area contributed by atoms with Gasteiger partial charge in [0.2, 0.25) is 0 Å². The molecule has 2 heterocycles. The molecule has 0 amide bonds. The lowest BCUT2D eigenvalue weighted by Crippen LogP contribution is -2.26. The normalized spacial score (nSPS) is 12.5. The number of aryl methyl sites for hydroxylation is 1. The first-order valence-electron chi connectivity index (χ1n) is 9.12. The van der Waals surface area contributed by atoms with Crippen molar-refractivity contribution in [2.75, 3.05) is 5.32 Å². The van der Waals surface area contributed by atoms with E-state index in [2.05, 4.69) is 10.3 Å². The molecule has 2 aromatic carbocycles. The summed E-state index contributed by atoms with van der Waals surface area (Å²) in [6, 6.07) is 26.7. The molecule has 1 atom stereocenters. The van der Waals surface area contributed by atoms with Crippen molar-refractivity contribution >= 4 is 23.6 Å². The predicted molar refractivity (Wildman–Crippen MR) is 114 cm³/mol. The minimum absolute atomic E-state index is 0.583. The van der Waals surface area contributed by atoms with Gasteiger partial charge in [-0.05, 0) is 30.7 Å². The van der Waals surface area contributed by atoms with Crippen LogP contribution in [0.4, 0.5) is 5.82 Å². The Morgan fingerprint density at radius 1 is 0.857 bits per heavy atom. The van der Waals surface area contributed by atoms with Gasteiger partial charge in [0.05, 0.1) is 6.26 Å². The molecule has 0 saturated heterocycles. The van der Waals surface area contributed by atoms with E-state index < -0.39 is 12.9 Å². The Morgan fingerprint density at radius 3 is 2.04 bits per heavy atom. The molecule has 0 aliphatic carbocycles. The Labute approximate surface area is 164 Å². The number of anilines is 1. The maximum atomic E-state index is 14.8. The lowest BCUT2D eigenvalue weighted by atomic mass is 10.3. The maximum Gasteiger partial charge on any atom is 0.171 e. The second-order valence-corrected chi connectivity index (χ2v) is 9.43. The minimum Gasteiger partial charge on any atom is -0.467 e. The summed E-state index contributed by atoms with van der Waals surface area (Å²) in [5.74, 6) is 0.720. The van der Waals surface area contributed by atoms with Crippen LogP contribution in [0.5, 0.6) is 0 Å². The highest BCUT2D eigenvalue weighted by Gasteiger charge is 2.40. The summed E-state index contributed by atoms with van der Waals surface area (Å²) < 4.78 is 20.5. The van der Waals surface area contributed by atoms with E-state index in [-0.39, 0.29) is 0 Å². The van der Waals surface area contributed by atoms with Crippen molar-refractivity contribution in [3.05, 3.63) is 109 Å². The zero-order chi connectivity index (χ0) is 19.4. The third-order valence-electron chi connectivity index (χ3n) is 4.74. The highest BCUT2D eigenvalue weighted by molar-refractivity contribution is 7.79. The van der Waals surface area contributed by atoms with E-state index in [0.717, 1.165) is 16.2 Å². The second-order valence-electron chi connectivity index (χ2n) is 6.56. The van der Waals surface area contributed by atoms with Crippen molar-refractivity contribution in [2.24, 2.45) is 0 Å². The number of pyridine rings is 1. The van der Waals surface area contributed by atoms with Crippen LogP contribution in [0.3, 0.4) is 0 Å². The Hall–Kier alpha value is -3.10. The second kappa shape index (κ2) is 7.87. The van der Waals surface area contributed by atoms with Gasteiger partial charge in [0.15, 0.2) is 7.14 Å². The summed E-state index contributed by atoms with van der Waals surface area (Å²) >= 11 is 0. The van der Waals surface area contributed by atoms with E-state index in [9.17, 15) is 4.57 Å². The quantitative estimate of drug-likeness (QED) is 0.467. The van der Waals surface area contributed by atoms with Crippen molar-refractivity contribution < 1.29 is 8.98 Å². The molecule has 28 heavy (non-hydrogen) atoms. The third-order valence-corrected chi connectivity index (χ3v) is 7.98. The molecule has 2 aromatic heterocycles. The number of hydrogen-bond donors (Lipinski definition) is 1. The molecular weight excluding hydrogens is 367 g/mol. The molecule has 140 valence electrons. The smallest absolute Gasteiger partial charge is 0.171 e. The molecular formula is C23H21N2O2P. The zero-order valence-electron chi connectivity index (χ0n) is 15.5. The molecule has 0 bridgehead atoms. The zero-order valence-corrected chi connectivity index (χ0v) is 16.4. The van der Waals surface area contributed by atoms with Crippen molar-refractivity contribution in [1.29, 1.82) is 0 Å². The monoisotopic (exact) mass is 388 g/mol. The Balaban J connectivity index is 1.92. The first kappa shape index (κ1) is 18.3. The Kier molecular flexibility index (Phi) is 5.14. The number of rotatable bonds is 6. The van der Waals surface area contributed by atoms with Crippen LogP contribution < -0.4 is 15.9 Å². The molecule has 4 rings (SSSR count).